The van der Waals surface area contributed by atoms with Gasteiger partial charge in [0.15, 0.2) is 5.96 Å². The molecule has 2 heterocycles. The van der Waals surface area contributed by atoms with Gasteiger partial charge in [-0.3, -0.25) is 4.99 Å². The number of benzene rings is 1. The maximum atomic E-state index is 5.70. The molecule has 2 saturated heterocycles. The molecule has 0 spiro atoms. The van der Waals surface area contributed by atoms with E-state index in [1.54, 1.807) is 0 Å². The largest absolute Gasteiger partial charge is 0.377 e. The van der Waals surface area contributed by atoms with Gasteiger partial charge < -0.3 is 25.0 Å². The SMILES string of the molecule is CCNC(=NCCOCC1CCCO1)NC1CCN(c2ccc(Br)cc2)C1. The average Bonchev–Trinajstić information content (AvgIpc) is 3.34. The van der Waals surface area contributed by atoms with E-state index in [1.807, 2.05) is 0 Å². The maximum Gasteiger partial charge on any atom is 0.191 e. The molecular formula is C20H31BrN4O2. The second kappa shape index (κ2) is 10.9. The van der Waals surface area contributed by atoms with Crippen LogP contribution in [0.25, 0.3) is 0 Å². The highest BCUT2D eigenvalue weighted by molar-refractivity contribution is 9.10. The Kier molecular flexibility index (Phi) is 8.23. The number of guanidine groups is 1. The van der Waals surface area contributed by atoms with Gasteiger partial charge in [0, 0.05) is 42.4 Å². The number of aliphatic imine (C=N–C) groups is 1. The van der Waals surface area contributed by atoms with Crippen molar-refractivity contribution in [2.24, 2.45) is 4.99 Å². The van der Waals surface area contributed by atoms with Crippen molar-refractivity contribution in [1.29, 1.82) is 0 Å². The van der Waals surface area contributed by atoms with Gasteiger partial charge in [-0.15, -0.1) is 0 Å². The van der Waals surface area contributed by atoms with Crippen LogP contribution in [0.2, 0.25) is 0 Å². The number of nitrogens with one attached hydrogen (secondary N) is 2. The third-order valence-electron chi connectivity index (χ3n) is 4.90. The van der Waals surface area contributed by atoms with Gasteiger partial charge in [-0.25, -0.2) is 0 Å². The lowest BCUT2D eigenvalue weighted by atomic mass is 10.2. The first-order valence-corrected chi connectivity index (χ1v) is 10.8. The molecule has 3 rings (SSSR count). The number of ether oxygens (including phenoxy) is 2. The van der Waals surface area contributed by atoms with E-state index in [4.69, 9.17) is 9.47 Å². The van der Waals surface area contributed by atoms with Gasteiger partial charge in [0.1, 0.15) is 0 Å². The highest BCUT2D eigenvalue weighted by atomic mass is 79.9. The maximum absolute atomic E-state index is 5.70. The molecule has 0 radical (unpaired) electrons. The van der Waals surface area contributed by atoms with E-state index in [2.05, 4.69) is 67.6 Å². The number of halogens is 1. The van der Waals surface area contributed by atoms with Gasteiger partial charge in [-0.1, -0.05) is 15.9 Å². The van der Waals surface area contributed by atoms with Crippen molar-refractivity contribution in [3.05, 3.63) is 28.7 Å². The topological polar surface area (TPSA) is 58.1 Å². The molecule has 0 saturated carbocycles. The zero-order valence-corrected chi connectivity index (χ0v) is 17.7. The Morgan fingerprint density at radius 3 is 2.93 bits per heavy atom. The molecule has 150 valence electrons. The van der Waals surface area contributed by atoms with Crippen LogP contribution in [0.5, 0.6) is 0 Å². The molecular weight excluding hydrogens is 408 g/mol. The van der Waals surface area contributed by atoms with Gasteiger partial charge in [0.25, 0.3) is 0 Å². The Balaban J connectivity index is 1.41. The molecule has 2 aliphatic heterocycles. The zero-order valence-electron chi connectivity index (χ0n) is 16.1. The quantitative estimate of drug-likeness (QED) is 0.371. The van der Waals surface area contributed by atoms with Crippen LogP contribution in [0, 0.1) is 0 Å². The summed E-state index contributed by atoms with van der Waals surface area (Å²) in [6.45, 7) is 7.84. The fourth-order valence-corrected chi connectivity index (χ4v) is 3.75. The van der Waals surface area contributed by atoms with Crippen LogP contribution in [-0.4, -0.2) is 64.1 Å². The van der Waals surface area contributed by atoms with Gasteiger partial charge in [0.2, 0.25) is 0 Å². The van der Waals surface area contributed by atoms with Crippen LogP contribution in [0.3, 0.4) is 0 Å². The molecule has 27 heavy (non-hydrogen) atoms. The van der Waals surface area contributed by atoms with E-state index in [1.165, 1.54) is 5.69 Å². The summed E-state index contributed by atoms with van der Waals surface area (Å²) in [7, 11) is 0. The lowest BCUT2D eigenvalue weighted by Gasteiger charge is -2.20. The van der Waals surface area contributed by atoms with Crippen molar-refractivity contribution in [3.8, 4) is 0 Å². The molecule has 2 atom stereocenters. The van der Waals surface area contributed by atoms with Crippen LogP contribution in [-0.2, 0) is 9.47 Å². The average molecular weight is 439 g/mol. The molecule has 0 amide bonds. The molecule has 2 aliphatic rings. The zero-order chi connectivity index (χ0) is 18.9. The van der Waals surface area contributed by atoms with Crippen molar-refractivity contribution >= 4 is 27.6 Å². The number of hydrogen-bond donors (Lipinski definition) is 2. The molecule has 6 nitrogen and oxygen atoms in total. The van der Waals surface area contributed by atoms with Crippen molar-refractivity contribution in [2.45, 2.75) is 38.3 Å². The minimum Gasteiger partial charge on any atom is -0.377 e. The van der Waals surface area contributed by atoms with Crippen LogP contribution in [0.4, 0.5) is 5.69 Å². The van der Waals surface area contributed by atoms with Crippen LogP contribution < -0.4 is 15.5 Å². The fourth-order valence-electron chi connectivity index (χ4n) is 3.49. The Morgan fingerprint density at radius 2 is 2.19 bits per heavy atom. The van der Waals surface area contributed by atoms with E-state index in [9.17, 15) is 0 Å². The first-order valence-electron chi connectivity index (χ1n) is 9.99. The molecule has 7 heteroatoms. The Morgan fingerprint density at radius 1 is 1.33 bits per heavy atom. The highest BCUT2D eigenvalue weighted by Crippen LogP contribution is 2.22. The number of rotatable bonds is 8. The predicted molar refractivity (Wildman–Crippen MR) is 114 cm³/mol. The first-order chi connectivity index (χ1) is 13.2. The van der Waals surface area contributed by atoms with Crippen LogP contribution in [0.15, 0.2) is 33.7 Å². The number of hydrogen-bond acceptors (Lipinski definition) is 4. The Labute approximate surface area is 170 Å². The smallest absolute Gasteiger partial charge is 0.191 e. The standard InChI is InChI=1S/C20H31BrN4O2/c1-2-22-20(23-10-13-26-15-19-4-3-12-27-19)24-17-9-11-25(14-17)18-7-5-16(21)6-8-18/h5-8,17,19H,2-4,9-15H2,1H3,(H2,22,23,24). The lowest BCUT2D eigenvalue weighted by Crippen LogP contribution is -2.44. The summed E-state index contributed by atoms with van der Waals surface area (Å²) in [5.41, 5.74) is 1.27. The van der Waals surface area contributed by atoms with Crippen molar-refractivity contribution in [1.82, 2.24) is 10.6 Å². The highest BCUT2D eigenvalue weighted by Gasteiger charge is 2.23. The molecule has 0 aromatic heterocycles. The summed E-state index contributed by atoms with van der Waals surface area (Å²) in [5, 5.41) is 6.91. The number of nitrogens with zero attached hydrogens (tertiary/aromatic N) is 2. The molecule has 1 aromatic rings. The second-order valence-corrected chi connectivity index (χ2v) is 7.94. The van der Waals surface area contributed by atoms with Gasteiger partial charge in [0.05, 0.1) is 25.9 Å². The van der Waals surface area contributed by atoms with E-state index in [-0.39, 0.29) is 6.10 Å². The van der Waals surface area contributed by atoms with Gasteiger partial charge in [-0.2, -0.15) is 0 Å². The summed E-state index contributed by atoms with van der Waals surface area (Å²) in [6, 6.07) is 8.92. The number of anilines is 1. The second-order valence-electron chi connectivity index (χ2n) is 7.02. The van der Waals surface area contributed by atoms with Crippen LogP contribution >= 0.6 is 15.9 Å². The van der Waals surface area contributed by atoms with E-state index in [0.29, 0.717) is 25.8 Å². The van der Waals surface area contributed by atoms with Crippen molar-refractivity contribution in [3.63, 3.8) is 0 Å². The molecule has 2 N–H and O–H groups in total. The van der Waals surface area contributed by atoms with E-state index in [0.717, 1.165) is 55.9 Å². The third kappa shape index (κ3) is 6.66. The summed E-state index contributed by atoms with van der Waals surface area (Å²) < 4.78 is 12.4. The lowest BCUT2D eigenvalue weighted by molar-refractivity contribution is 0.0200. The predicted octanol–water partition coefficient (Wildman–Crippen LogP) is 2.78. The van der Waals surface area contributed by atoms with E-state index < -0.39 is 0 Å². The monoisotopic (exact) mass is 438 g/mol. The summed E-state index contributed by atoms with van der Waals surface area (Å²) in [5.74, 6) is 0.876. The Hall–Kier alpha value is -1.31. The van der Waals surface area contributed by atoms with E-state index >= 15 is 0 Å². The molecule has 2 unspecified atom stereocenters. The van der Waals surface area contributed by atoms with Crippen molar-refractivity contribution in [2.75, 3.05) is 50.9 Å². The molecule has 0 aliphatic carbocycles. The molecule has 2 fully saturated rings. The Bertz CT molecular complexity index is 590. The fraction of sp³-hybridized carbons (Fsp3) is 0.650. The minimum absolute atomic E-state index is 0.281. The summed E-state index contributed by atoms with van der Waals surface area (Å²) in [6.07, 6.45) is 3.66. The minimum atomic E-state index is 0.281. The molecule has 0 bridgehead atoms. The summed E-state index contributed by atoms with van der Waals surface area (Å²) >= 11 is 3.50. The van der Waals surface area contributed by atoms with Gasteiger partial charge >= 0.3 is 0 Å². The van der Waals surface area contributed by atoms with Crippen LogP contribution in [0.1, 0.15) is 26.2 Å². The van der Waals surface area contributed by atoms with Gasteiger partial charge in [-0.05, 0) is 50.5 Å². The molecule has 1 aromatic carbocycles. The summed E-state index contributed by atoms with van der Waals surface area (Å²) in [4.78, 5) is 7.07. The van der Waals surface area contributed by atoms with Crippen molar-refractivity contribution < 1.29 is 9.47 Å². The third-order valence-corrected chi connectivity index (χ3v) is 5.43. The first kappa shape index (κ1) is 20.4. The normalized spacial score (nSPS) is 23.0.